The van der Waals surface area contributed by atoms with E-state index in [9.17, 15) is 9.59 Å². The molecule has 0 radical (unpaired) electrons. The van der Waals surface area contributed by atoms with Gasteiger partial charge in [-0.1, -0.05) is 68.5 Å². The van der Waals surface area contributed by atoms with Gasteiger partial charge in [0.25, 0.3) is 11.8 Å². The van der Waals surface area contributed by atoms with Crippen molar-refractivity contribution < 1.29 is 9.59 Å². The van der Waals surface area contributed by atoms with Crippen molar-refractivity contribution in [3.8, 4) is 0 Å². The second-order valence-corrected chi connectivity index (χ2v) is 8.18. The van der Waals surface area contributed by atoms with E-state index in [-0.39, 0.29) is 23.6 Å². The molecule has 0 aliphatic heterocycles. The predicted octanol–water partition coefficient (Wildman–Crippen LogP) is 5.17. The summed E-state index contributed by atoms with van der Waals surface area (Å²) in [5, 5.41) is 7.03. The first-order valence-corrected chi connectivity index (χ1v) is 11.2. The maximum Gasteiger partial charge on any atom is 0.268 e. The first-order valence-electron chi connectivity index (χ1n) is 11.2. The van der Waals surface area contributed by atoms with Gasteiger partial charge in [-0.2, -0.15) is 0 Å². The number of rotatable bonds is 5. The lowest BCUT2D eigenvalue weighted by atomic mass is 9.96. The molecule has 1 aromatic heterocycles. The molecular weight excluding hydrogens is 386 g/mol. The van der Waals surface area contributed by atoms with Crippen molar-refractivity contribution in [1.82, 2.24) is 15.6 Å². The van der Waals surface area contributed by atoms with Gasteiger partial charge in [0.15, 0.2) is 0 Å². The number of benzene rings is 2. The van der Waals surface area contributed by atoms with Crippen molar-refractivity contribution in [2.75, 3.05) is 0 Å². The van der Waals surface area contributed by atoms with Gasteiger partial charge in [-0.3, -0.25) is 9.59 Å². The normalized spacial score (nSPS) is 15.8. The zero-order valence-electron chi connectivity index (χ0n) is 17.7. The van der Waals surface area contributed by atoms with Crippen LogP contribution in [0.4, 0.5) is 0 Å². The van der Waals surface area contributed by atoms with Gasteiger partial charge in [-0.15, -0.1) is 0 Å². The van der Waals surface area contributed by atoms with E-state index in [1.54, 1.807) is 18.2 Å². The van der Waals surface area contributed by atoms with E-state index < -0.39 is 0 Å². The monoisotopic (exact) mass is 415 g/mol. The Morgan fingerprint density at radius 1 is 0.871 bits per heavy atom. The molecule has 1 fully saturated rings. The van der Waals surface area contributed by atoms with E-state index >= 15 is 0 Å². The molecule has 1 aliphatic rings. The molecule has 0 saturated heterocycles. The number of carbonyl (C=O) groups excluding carboxylic acids is 2. The van der Waals surface area contributed by atoms with E-state index in [1.807, 2.05) is 48.7 Å². The minimum absolute atomic E-state index is 0.146. The minimum Gasteiger partial charge on any atom is -0.361 e. The van der Waals surface area contributed by atoms with E-state index in [0.717, 1.165) is 42.1 Å². The van der Waals surface area contributed by atoms with Crippen LogP contribution < -0.4 is 10.6 Å². The average Bonchev–Trinajstić information content (AvgIpc) is 3.18. The van der Waals surface area contributed by atoms with Crippen LogP contribution in [0.3, 0.4) is 0 Å². The van der Waals surface area contributed by atoms with Crippen LogP contribution in [0.1, 0.15) is 60.9 Å². The molecule has 5 heteroatoms. The van der Waals surface area contributed by atoms with Crippen molar-refractivity contribution in [3.05, 3.63) is 77.6 Å². The third kappa shape index (κ3) is 5.43. The summed E-state index contributed by atoms with van der Waals surface area (Å²) in [6.45, 7) is 0. The predicted molar refractivity (Wildman–Crippen MR) is 124 cm³/mol. The number of nitrogens with one attached hydrogen (secondary N) is 3. The van der Waals surface area contributed by atoms with Gasteiger partial charge >= 0.3 is 0 Å². The molecular formula is C26H29N3O2. The van der Waals surface area contributed by atoms with Gasteiger partial charge in [-0.25, -0.2) is 0 Å². The third-order valence-electron chi connectivity index (χ3n) is 5.89. The number of hydrogen-bond acceptors (Lipinski definition) is 2. The number of H-pyrrole nitrogens is 1. The van der Waals surface area contributed by atoms with Gasteiger partial charge < -0.3 is 15.6 Å². The minimum atomic E-state index is -0.292. The van der Waals surface area contributed by atoms with Crippen LogP contribution in [0, 0.1) is 0 Å². The lowest BCUT2D eigenvalue weighted by Crippen LogP contribution is -2.40. The molecule has 0 unspecified atom stereocenters. The van der Waals surface area contributed by atoms with Crippen LogP contribution in [0.15, 0.2) is 66.5 Å². The Hall–Kier alpha value is -3.34. The van der Waals surface area contributed by atoms with Gasteiger partial charge in [0.05, 0.1) is 0 Å². The maximum absolute atomic E-state index is 13.2. The van der Waals surface area contributed by atoms with Crippen LogP contribution in [0.5, 0.6) is 0 Å². The molecule has 1 saturated carbocycles. The van der Waals surface area contributed by atoms with Gasteiger partial charge in [0.1, 0.15) is 5.70 Å². The van der Waals surface area contributed by atoms with E-state index in [4.69, 9.17) is 0 Å². The third-order valence-corrected chi connectivity index (χ3v) is 5.89. The summed E-state index contributed by atoms with van der Waals surface area (Å²) in [4.78, 5) is 29.3. The standard InChI is InChI=1S/C26H29N3O2/c30-25(19-11-5-4-6-12-19)29-24(17-20-18-27-23-16-10-9-15-22(20)23)26(31)28-21-13-7-2-1-3-8-14-21/h4-6,9-12,15-18,21,27H,1-3,7-8,13-14H2,(H,28,31)(H,29,30)/b24-17+. The van der Waals surface area contributed by atoms with Crippen molar-refractivity contribution in [3.63, 3.8) is 0 Å². The quantitative estimate of drug-likeness (QED) is 0.503. The fraction of sp³-hybridized carbons (Fsp3) is 0.308. The van der Waals surface area contributed by atoms with Gasteiger partial charge in [-0.05, 0) is 37.1 Å². The molecule has 0 atom stereocenters. The van der Waals surface area contributed by atoms with Crippen molar-refractivity contribution in [1.29, 1.82) is 0 Å². The molecule has 2 aromatic carbocycles. The number of amides is 2. The number of fused-ring (bicyclic) bond motifs is 1. The highest BCUT2D eigenvalue weighted by atomic mass is 16.2. The van der Waals surface area contributed by atoms with E-state index in [1.165, 1.54) is 19.3 Å². The number of aromatic nitrogens is 1. The highest BCUT2D eigenvalue weighted by molar-refractivity contribution is 6.06. The Kier molecular flexibility index (Phi) is 6.82. The summed E-state index contributed by atoms with van der Waals surface area (Å²) in [6.07, 6.45) is 11.6. The smallest absolute Gasteiger partial charge is 0.268 e. The summed E-state index contributed by atoms with van der Waals surface area (Å²) in [6, 6.07) is 17.0. The van der Waals surface area contributed by atoms with Crippen molar-refractivity contribution in [2.24, 2.45) is 0 Å². The van der Waals surface area contributed by atoms with Crippen molar-refractivity contribution >= 4 is 28.8 Å². The van der Waals surface area contributed by atoms with Crippen molar-refractivity contribution in [2.45, 2.75) is 51.0 Å². The molecule has 160 valence electrons. The summed E-state index contributed by atoms with van der Waals surface area (Å²) >= 11 is 0. The number of para-hydroxylation sites is 1. The summed E-state index contributed by atoms with van der Waals surface area (Å²) in [5.74, 6) is -0.528. The Bertz CT molecular complexity index is 1060. The van der Waals surface area contributed by atoms with Crippen LogP contribution >= 0.6 is 0 Å². The molecule has 0 spiro atoms. The summed E-state index contributed by atoms with van der Waals surface area (Å²) in [7, 11) is 0. The SMILES string of the molecule is O=C(NC1CCCCCCC1)/C(=C\c1c[nH]c2ccccc12)NC(=O)c1ccccc1. The molecule has 1 heterocycles. The van der Waals surface area contributed by atoms with Crippen LogP contribution in [-0.4, -0.2) is 22.8 Å². The second-order valence-electron chi connectivity index (χ2n) is 8.18. The van der Waals surface area contributed by atoms with E-state index in [2.05, 4.69) is 15.6 Å². The zero-order chi connectivity index (χ0) is 21.5. The fourth-order valence-electron chi connectivity index (χ4n) is 4.17. The molecule has 5 nitrogen and oxygen atoms in total. The van der Waals surface area contributed by atoms with Gasteiger partial charge in [0.2, 0.25) is 0 Å². The highest BCUT2D eigenvalue weighted by Gasteiger charge is 2.19. The fourth-order valence-corrected chi connectivity index (χ4v) is 4.17. The molecule has 31 heavy (non-hydrogen) atoms. The number of aromatic amines is 1. The summed E-state index contributed by atoms with van der Waals surface area (Å²) < 4.78 is 0. The lowest BCUT2D eigenvalue weighted by molar-refractivity contribution is -0.118. The topological polar surface area (TPSA) is 74.0 Å². The van der Waals surface area contributed by atoms with Crippen LogP contribution in [0.25, 0.3) is 17.0 Å². The zero-order valence-corrected chi connectivity index (χ0v) is 17.7. The molecule has 0 bridgehead atoms. The van der Waals surface area contributed by atoms with Crippen LogP contribution in [0.2, 0.25) is 0 Å². The Labute approximate surface area is 182 Å². The Morgan fingerprint density at radius 2 is 1.55 bits per heavy atom. The van der Waals surface area contributed by atoms with Crippen LogP contribution in [-0.2, 0) is 4.79 Å². The summed E-state index contributed by atoms with van der Waals surface area (Å²) in [5.41, 5.74) is 2.64. The molecule has 1 aliphatic carbocycles. The molecule has 2 amide bonds. The number of carbonyl (C=O) groups is 2. The number of hydrogen-bond donors (Lipinski definition) is 3. The second kappa shape index (κ2) is 10.1. The maximum atomic E-state index is 13.2. The largest absolute Gasteiger partial charge is 0.361 e. The lowest BCUT2D eigenvalue weighted by Gasteiger charge is -2.22. The average molecular weight is 416 g/mol. The molecule has 3 N–H and O–H groups in total. The first-order chi connectivity index (χ1) is 15.2. The molecule has 3 aromatic rings. The highest BCUT2D eigenvalue weighted by Crippen LogP contribution is 2.21. The Morgan fingerprint density at radius 3 is 2.32 bits per heavy atom. The first kappa shape index (κ1) is 20.9. The van der Waals surface area contributed by atoms with E-state index in [0.29, 0.717) is 5.56 Å². The van der Waals surface area contributed by atoms with Gasteiger partial charge in [0, 0.05) is 34.3 Å². The molecule has 4 rings (SSSR count). The Balaban J connectivity index is 1.60.